The van der Waals surface area contributed by atoms with Crippen LogP contribution in [0.3, 0.4) is 0 Å². The predicted octanol–water partition coefficient (Wildman–Crippen LogP) is 4.96. The molecule has 1 heterocycles. The topological polar surface area (TPSA) is 112 Å². The van der Waals surface area contributed by atoms with Gasteiger partial charge < -0.3 is 19.5 Å². The lowest BCUT2D eigenvalue weighted by Crippen LogP contribution is -2.17. The minimum absolute atomic E-state index is 0.0162. The largest absolute Gasteiger partial charge is 0.497 e. The average Bonchev–Trinajstić information content (AvgIpc) is 2.83. The Labute approximate surface area is 205 Å². The summed E-state index contributed by atoms with van der Waals surface area (Å²) in [5.74, 6) is 1.51. The van der Waals surface area contributed by atoms with Gasteiger partial charge in [-0.05, 0) is 30.3 Å². The summed E-state index contributed by atoms with van der Waals surface area (Å²) in [6, 6.07) is 17.1. The summed E-state index contributed by atoms with van der Waals surface area (Å²) in [4.78, 5) is 9.06. The van der Waals surface area contributed by atoms with E-state index in [-0.39, 0.29) is 22.3 Å². The van der Waals surface area contributed by atoms with Crippen LogP contribution in [0.1, 0.15) is 0 Å². The number of ether oxygens (including phenoxy) is 3. The standard InChI is InChI=1S/C23H21BrN4O5S/c1-31-16-11-15(12-17(13-16)32-2)25-22-23(27-19-7-5-4-6-18(19)26-22)28-34(29,30)21-10-14(24)8-9-20(21)33-3/h4-13H,1-3H3,(H,25,26)(H,27,28). The lowest BCUT2D eigenvalue weighted by atomic mass is 10.2. The molecular weight excluding hydrogens is 524 g/mol. The highest BCUT2D eigenvalue weighted by Crippen LogP contribution is 2.33. The number of benzene rings is 3. The highest BCUT2D eigenvalue weighted by molar-refractivity contribution is 9.10. The number of aromatic nitrogens is 2. The number of nitrogens with one attached hydrogen (secondary N) is 2. The third-order valence-electron chi connectivity index (χ3n) is 4.83. The van der Waals surface area contributed by atoms with Gasteiger partial charge in [0.15, 0.2) is 11.6 Å². The fourth-order valence-electron chi connectivity index (χ4n) is 3.22. The van der Waals surface area contributed by atoms with Crippen LogP contribution in [-0.4, -0.2) is 39.7 Å². The van der Waals surface area contributed by atoms with E-state index < -0.39 is 10.0 Å². The van der Waals surface area contributed by atoms with Crippen LogP contribution in [0.15, 0.2) is 70.0 Å². The first-order valence-electron chi connectivity index (χ1n) is 9.96. The van der Waals surface area contributed by atoms with Crippen LogP contribution in [0, 0.1) is 0 Å². The Morgan fingerprint density at radius 1 is 0.794 bits per heavy atom. The molecular formula is C23H21BrN4O5S. The van der Waals surface area contributed by atoms with E-state index >= 15 is 0 Å². The first-order chi connectivity index (χ1) is 16.3. The van der Waals surface area contributed by atoms with Gasteiger partial charge in [-0.15, -0.1) is 0 Å². The first-order valence-corrected chi connectivity index (χ1v) is 12.2. The second-order valence-electron chi connectivity index (χ2n) is 7.04. The number of sulfonamides is 1. The summed E-state index contributed by atoms with van der Waals surface area (Å²) >= 11 is 3.31. The first kappa shape index (κ1) is 23.6. The third kappa shape index (κ3) is 5.00. The van der Waals surface area contributed by atoms with Crippen LogP contribution >= 0.6 is 15.9 Å². The maximum absolute atomic E-state index is 13.3. The van der Waals surface area contributed by atoms with E-state index in [0.29, 0.717) is 32.7 Å². The SMILES string of the molecule is COc1cc(Nc2nc3ccccc3nc2NS(=O)(=O)c2cc(Br)ccc2OC)cc(OC)c1. The van der Waals surface area contributed by atoms with Crippen LogP contribution in [-0.2, 0) is 10.0 Å². The van der Waals surface area contributed by atoms with Gasteiger partial charge in [0.2, 0.25) is 0 Å². The van der Waals surface area contributed by atoms with Crippen molar-refractivity contribution >= 4 is 54.3 Å². The lowest BCUT2D eigenvalue weighted by Gasteiger charge is -2.16. The Morgan fingerprint density at radius 3 is 2.00 bits per heavy atom. The molecule has 4 rings (SSSR count). The van der Waals surface area contributed by atoms with Crippen LogP contribution in [0.5, 0.6) is 17.2 Å². The quantitative estimate of drug-likeness (QED) is 0.320. The Bertz CT molecular complexity index is 1440. The van der Waals surface area contributed by atoms with Gasteiger partial charge in [0.1, 0.15) is 22.1 Å². The molecule has 3 aromatic carbocycles. The van der Waals surface area contributed by atoms with Gasteiger partial charge >= 0.3 is 0 Å². The van der Waals surface area contributed by atoms with E-state index in [2.05, 4.69) is 35.9 Å². The van der Waals surface area contributed by atoms with Crippen molar-refractivity contribution in [2.24, 2.45) is 0 Å². The molecule has 4 aromatic rings. The summed E-state index contributed by atoms with van der Waals surface area (Å²) in [7, 11) is 0.401. The Morgan fingerprint density at radius 2 is 1.41 bits per heavy atom. The van der Waals surface area contributed by atoms with Gasteiger partial charge in [0.25, 0.3) is 10.0 Å². The number of halogens is 1. The molecule has 176 valence electrons. The molecule has 0 amide bonds. The molecule has 0 aliphatic carbocycles. The fourth-order valence-corrected chi connectivity index (χ4v) is 4.94. The van der Waals surface area contributed by atoms with Crippen LogP contribution in [0.4, 0.5) is 17.3 Å². The highest BCUT2D eigenvalue weighted by atomic mass is 79.9. The monoisotopic (exact) mass is 544 g/mol. The second kappa shape index (κ2) is 9.74. The van der Waals surface area contributed by atoms with Gasteiger partial charge in [-0.3, -0.25) is 4.72 Å². The molecule has 2 N–H and O–H groups in total. The molecule has 0 fully saturated rings. The van der Waals surface area contributed by atoms with Crippen molar-refractivity contribution in [3.63, 3.8) is 0 Å². The van der Waals surface area contributed by atoms with Gasteiger partial charge in [-0.25, -0.2) is 18.4 Å². The zero-order valence-electron chi connectivity index (χ0n) is 18.5. The van der Waals surface area contributed by atoms with Crippen molar-refractivity contribution in [3.05, 3.63) is 65.1 Å². The number of fused-ring (bicyclic) bond motifs is 1. The summed E-state index contributed by atoms with van der Waals surface area (Å²) in [6.07, 6.45) is 0. The Hall–Kier alpha value is -3.57. The third-order valence-corrected chi connectivity index (χ3v) is 6.68. The maximum atomic E-state index is 13.3. The van der Waals surface area contributed by atoms with E-state index in [1.807, 2.05) is 6.07 Å². The minimum Gasteiger partial charge on any atom is -0.497 e. The van der Waals surface area contributed by atoms with Gasteiger partial charge in [0.05, 0.1) is 32.4 Å². The van der Waals surface area contributed by atoms with E-state index in [0.717, 1.165) is 0 Å². The molecule has 9 nitrogen and oxygen atoms in total. The Balaban J connectivity index is 1.81. The van der Waals surface area contributed by atoms with E-state index in [9.17, 15) is 8.42 Å². The number of rotatable bonds is 8. The van der Waals surface area contributed by atoms with Crippen molar-refractivity contribution in [1.29, 1.82) is 0 Å². The molecule has 0 saturated heterocycles. The smallest absolute Gasteiger partial charge is 0.266 e. The molecule has 34 heavy (non-hydrogen) atoms. The maximum Gasteiger partial charge on any atom is 0.266 e. The van der Waals surface area contributed by atoms with E-state index in [1.54, 1.807) is 62.8 Å². The molecule has 1 aromatic heterocycles. The molecule has 0 radical (unpaired) electrons. The molecule has 0 spiro atoms. The molecule has 0 aliphatic heterocycles. The normalized spacial score (nSPS) is 11.2. The van der Waals surface area contributed by atoms with Gasteiger partial charge in [0, 0.05) is 28.4 Å². The van der Waals surface area contributed by atoms with Crippen LogP contribution < -0.4 is 24.2 Å². The fraction of sp³-hybridized carbons (Fsp3) is 0.130. The van der Waals surface area contributed by atoms with Crippen molar-refractivity contribution in [2.75, 3.05) is 31.4 Å². The number of hydrogen-bond donors (Lipinski definition) is 2. The van der Waals surface area contributed by atoms with Crippen molar-refractivity contribution < 1.29 is 22.6 Å². The van der Waals surface area contributed by atoms with Gasteiger partial charge in [-0.2, -0.15) is 0 Å². The minimum atomic E-state index is -4.08. The number of methoxy groups -OCH3 is 3. The molecule has 0 aliphatic rings. The second-order valence-corrected chi connectivity index (χ2v) is 9.60. The van der Waals surface area contributed by atoms with Crippen molar-refractivity contribution in [2.45, 2.75) is 4.90 Å². The summed E-state index contributed by atoms with van der Waals surface area (Å²) < 4.78 is 45.7. The predicted molar refractivity (Wildman–Crippen MR) is 134 cm³/mol. The molecule has 0 saturated carbocycles. The molecule has 11 heteroatoms. The van der Waals surface area contributed by atoms with Crippen LogP contribution in [0.2, 0.25) is 0 Å². The number of para-hydroxylation sites is 2. The molecule has 0 unspecified atom stereocenters. The summed E-state index contributed by atoms with van der Waals surface area (Å²) in [5.41, 5.74) is 1.68. The van der Waals surface area contributed by atoms with Crippen molar-refractivity contribution in [1.82, 2.24) is 9.97 Å². The van der Waals surface area contributed by atoms with E-state index in [4.69, 9.17) is 14.2 Å². The van der Waals surface area contributed by atoms with Gasteiger partial charge in [-0.1, -0.05) is 28.1 Å². The average molecular weight is 545 g/mol. The van der Waals surface area contributed by atoms with E-state index in [1.165, 1.54) is 13.2 Å². The molecule has 0 bridgehead atoms. The Kier molecular flexibility index (Phi) is 6.75. The molecule has 0 atom stereocenters. The lowest BCUT2D eigenvalue weighted by molar-refractivity contribution is 0.395. The zero-order chi connectivity index (χ0) is 24.3. The summed E-state index contributed by atoms with van der Waals surface area (Å²) in [6.45, 7) is 0. The highest BCUT2D eigenvalue weighted by Gasteiger charge is 2.23. The number of anilines is 3. The number of nitrogens with zero attached hydrogens (tertiary/aromatic N) is 2. The number of hydrogen-bond acceptors (Lipinski definition) is 8. The van der Waals surface area contributed by atoms with Crippen molar-refractivity contribution in [3.8, 4) is 17.2 Å². The summed E-state index contributed by atoms with van der Waals surface area (Å²) in [5, 5.41) is 3.13. The van der Waals surface area contributed by atoms with Crippen LogP contribution in [0.25, 0.3) is 11.0 Å². The zero-order valence-corrected chi connectivity index (χ0v) is 20.9.